The van der Waals surface area contributed by atoms with E-state index in [1.54, 1.807) is 0 Å². The van der Waals surface area contributed by atoms with Crippen LogP contribution < -0.4 is 0 Å². The van der Waals surface area contributed by atoms with E-state index >= 15 is 0 Å². The van der Waals surface area contributed by atoms with Crippen LogP contribution in [-0.4, -0.2) is 46.6 Å². The van der Waals surface area contributed by atoms with Crippen LogP contribution in [0.5, 0.6) is 0 Å². The van der Waals surface area contributed by atoms with E-state index in [4.69, 9.17) is 5.11 Å². The minimum Gasteiger partial charge on any atom is -0.465 e. The highest BCUT2D eigenvalue weighted by Gasteiger charge is 2.49. The first-order valence-corrected chi connectivity index (χ1v) is 4.39. The van der Waals surface area contributed by atoms with Gasteiger partial charge in [0.1, 0.15) is 6.17 Å². The Morgan fingerprint density at radius 2 is 2.15 bits per heavy atom. The van der Waals surface area contributed by atoms with E-state index < -0.39 is 18.4 Å². The van der Waals surface area contributed by atoms with Gasteiger partial charge in [0, 0.05) is 19.0 Å². The first kappa shape index (κ1) is 8.74. The van der Waals surface area contributed by atoms with Gasteiger partial charge in [0.05, 0.1) is 6.10 Å². The number of hydrogen-bond donors (Lipinski definition) is 2. The number of carboxylic acid groups (broad SMARTS) is 1. The van der Waals surface area contributed by atoms with Crippen molar-refractivity contribution in [1.82, 2.24) is 4.90 Å². The molecule has 2 fully saturated rings. The van der Waals surface area contributed by atoms with Gasteiger partial charge >= 0.3 is 6.09 Å². The number of nitrogens with zero attached hydrogens (tertiary/aromatic N) is 1. The number of aliphatic hydroxyl groups is 1. The highest BCUT2D eigenvalue weighted by molar-refractivity contribution is 5.65. The molecule has 0 aromatic carbocycles. The SMILES string of the molecule is O=C(O)N1C[C@H]2C[C@@H](O)[C@H](F)[C@H]2C1. The van der Waals surface area contributed by atoms with Gasteiger partial charge in [-0.15, -0.1) is 0 Å². The fourth-order valence-corrected chi connectivity index (χ4v) is 2.39. The van der Waals surface area contributed by atoms with Crippen molar-refractivity contribution in [2.24, 2.45) is 11.8 Å². The zero-order valence-electron chi connectivity index (χ0n) is 7.06. The van der Waals surface area contributed by atoms with Crippen LogP contribution in [0.15, 0.2) is 0 Å². The lowest BCUT2D eigenvalue weighted by Gasteiger charge is -2.15. The van der Waals surface area contributed by atoms with Gasteiger partial charge in [-0.3, -0.25) is 0 Å². The van der Waals surface area contributed by atoms with Gasteiger partial charge in [-0.1, -0.05) is 0 Å². The maximum atomic E-state index is 13.2. The lowest BCUT2D eigenvalue weighted by molar-refractivity contribution is 0.0762. The van der Waals surface area contributed by atoms with Crippen LogP contribution >= 0.6 is 0 Å². The minimum atomic E-state index is -1.24. The molecule has 0 aromatic heterocycles. The van der Waals surface area contributed by atoms with Crippen LogP contribution in [-0.2, 0) is 0 Å². The number of carbonyl (C=O) groups is 1. The summed E-state index contributed by atoms with van der Waals surface area (Å²) in [6.07, 6.45) is -2.72. The van der Waals surface area contributed by atoms with Crippen LogP contribution in [0.2, 0.25) is 0 Å². The van der Waals surface area contributed by atoms with Crippen molar-refractivity contribution in [3.63, 3.8) is 0 Å². The van der Waals surface area contributed by atoms with Crippen molar-refractivity contribution in [3.8, 4) is 0 Å². The zero-order valence-corrected chi connectivity index (χ0v) is 7.06. The average Bonchev–Trinajstić information content (AvgIpc) is 2.55. The number of fused-ring (bicyclic) bond motifs is 1. The topological polar surface area (TPSA) is 60.8 Å². The molecular weight excluding hydrogens is 177 g/mol. The summed E-state index contributed by atoms with van der Waals surface area (Å²) in [7, 11) is 0. The molecule has 2 aliphatic rings. The fourth-order valence-electron chi connectivity index (χ4n) is 2.39. The molecule has 2 N–H and O–H groups in total. The standard InChI is InChI=1S/C8H12FNO3/c9-7-5-3-10(8(12)13)2-4(5)1-6(7)11/h4-7,11H,1-3H2,(H,12,13)/t4-,5+,6-,7-/m1/s1. The maximum absolute atomic E-state index is 13.2. The normalized spacial score (nSPS) is 43.7. The summed E-state index contributed by atoms with van der Waals surface area (Å²) >= 11 is 0. The van der Waals surface area contributed by atoms with E-state index in [9.17, 15) is 14.3 Å². The third-order valence-corrected chi connectivity index (χ3v) is 3.08. The Kier molecular flexibility index (Phi) is 1.91. The molecule has 2 rings (SSSR count). The summed E-state index contributed by atoms with van der Waals surface area (Å²) in [5.41, 5.74) is 0. The van der Waals surface area contributed by atoms with Crippen molar-refractivity contribution < 1.29 is 19.4 Å². The number of rotatable bonds is 0. The molecule has 1 heterocycles. The Hall–Kier alpha value is -0.840. The predicted octanol–water partition coefficient (Wildman–Crippen LogP) is 0.315. The van der Waals surface area contributed by atoms with Gasteiger partial charge in [0.2, 0.25) is 0 Å². The van der Waals surface area contributed by atoms with Crippen LogP contribution in [0, 0.1) is 11.8 Å². The molecule has 0 aromatic rings. The molecule has 0 unspecified atom stereocenters. The first-order chi connectivity index (χ1) is 6.09. The minimum absolute atomic E-state index is 0.0149. The molecular formula is C8H12FNO3. The predicted molar refractivity (Wildman–Crippen MR) is 42.1 cm³/mol. The van der Waals surface area contributed by atoms with Gasteiger partial charge < -0.3 is 15.1 Å². The van der Waals surface area contributed by atoms with E-state index in [0.29, 0.717) is 13.0 Å². The van der Waals surface area contributed by atoms with E-state index in [1.165, 1.54) is 4.90 Å². The molecule has 5 heteroatoms. The van der Waals surface area contributed by atoms with Gasteiger partial charge in [0.15, 0.2) is 0 Å². The monoisotopic (exact) mass is 189 g/mol. The van der Waals surface area contributed by atoms with Gasteiger partial charge in [-0.2, -0.15) is 0 Å². The van der Waals surface area contributed by atoms with Crippen molar-refractivity contribution in [3.05, 3.63) is 0 Å². The van der Waals surface area contributed by atoms with Gasteiger partial charge in [-0.05, 0) is 12.3 Å². The molecule has 13 heavy (non-hydrogen) atoms. The fraction of sp³-hybridized carbons (Fsp3) is 0.875. The molecule has 1 saturated carbocycles. The molecule has 1 saturated heterocycles. The molecule has 0 spiro atoms. The van der Waals surface area contributed by atoms with Crippen molar-refractivity contribution in [2.75, 3.05) is 13.1 Å². The Labute approximate surface area is 75.0 Å². The average molecular weight is 189 g/mol. The molecule has 0 bridgehead atoms. The molecule has 1 aliphatic carbocycles. The van der Waals surface area contributed by atoms with Crippen LogP contribution in [0.25, 0.3) is 0 Å². The quantitative estimate of drug-likeness (QED) is 0.576. The third kappa shape index (κ3) is 1.27. The van der Waals surface area contributed by atoms with Gasteiger partial charge in [0.25, 0.3) is 0 Å². The number of likely N-dealkylation sites (tertiary alicyclic amines) is 1. The number of halogens is 1. The largest absolute Gasteiger partial charge is 0.465 e. The zero-order chi connectivity index (χ0) is 9.59. The lowest BCUT2D eigenvalue weighted by Crippen LogP contribution is -2.31. The summed E-state index contributed by atoms with van der Waals surface area (Å²) in [5, 5.41) is 17.8. The Bertz CT molecular complexity index is 235. The smallest absolute Gasteiger partial charge is 0.407 e. The second-order valence-electron chi connectivity index (χ2n) is 3.86. The molecule has 4 nitrogen and oxygen atoms in total. The molecule has 4 atom stereocenters. The van der Waals surface area contributed by atoms with Gasteiger partial charge in [-0.25, -0.2) is 9.18 Å². The second kappa shape index (κ2) is 2.83. The highest BCUT2D eigenvalue weighted by Crippen LogP contribution is 2.39. The maximum Gasteiger partial charge on any atom is 0.407 e. The Morgan fingerprint density at radius 1 is 1.46 bits per heavy atom. The third-order valence-electron chi connectivity index (χ3n) is 3.08. The van der Waals surface area contributed by atoms with E-state index in [1.807, 2.05) is 0 Å². The van der Waals surface area contributed by atoms with Crippen LogP contribution in [0.1, 0.15) is 6.42 Å². The number of hydrogen-bond acceptors (Lipinski definition) is 2. The van der Waals surface area contributed by atoms with Crippen LogP contribution in [0.3, 0.4) is 0 Å². The van der Waals surface area contributed by atoms with Crippen molar-refractivity contribution >= 4 is 6.09 Å². The highest BCUT2D eigenvalue weighted by atomic mass is 19.1. The van der Waals surface area contributed by atoms with E-state index in [2.05, 4.69) is 0 Å². The molecule has 1 aliphatic heterocycles. The lowest BCUT2D eigenvalue weighted by atomic mass is 10.0. The van der Waals surface area contributed by atoms with E-state index in [-0.39, 0.29) is 18.4 Å². The number of alkyl halides is 1. The molecule has 0 radical (unpaired) electrons. The molecule has 1 amide bonds. The second-order valence-corrected chi connectivity index (χ2v) is 3.86. The summed E-state index contributed by atoms with van der Waals surface area (Å²) < 4.78 is 13.2. The number of aliphatic hydroxyl groups excluding tert-OH is 1. The summed E-state index contributed by atoms with van der Waals surface area (Å²) in [5.74, 6) is -0.271. The van der Waals surface area contributed by atoms with Crippen LogP contribution in [0.4, 0.5) is 9.18 Å². The molecule has 74 valence electrons. The van der Waals surface area contributed by atoms with Crippen molar-refractivity contribution in [1.29, 1.82) is 0 Å². The van der Waals surface area contributed by atoms with Crippen molar-refractivity contribution in [2.45, 2.75) is 18.7 Å². The summed E-state index contributed by atoms with van der Waals surface area (Å²) in [4.78, 5) is 11.8. The Balaban J connectivity index is 2.04. The Morgan fingerprint density at radius 3 is 2.69 bits per heavy atom. The summed E-state index contributed by atoms with van der Waals surface area (Å²) in [6, 6.07) is 0. The summed E-state index contributed by atoms with van der Waals surface area (Å²) in [6.45, 7) is 0.607. The van der Waals surface area contributed by atoms with E-state index in [0.717, 1.165) is 0 Å². The first-order valence-electron chi connectivity index (χ1n) is 4.39. The number of amides is 1.